The molecule has 0 atom stereocenters. The van der Waals surface area contributed by atoms with Gasteiger partial charge in [0, 0.05) is 87.0 Å². The van der Waals surface area contributed by atoms with Gasteiger partial charge < -0.3 is 45.2 Å². The first-order chi connectivity index (χ1) is 23.6. The van der Waals surface area contributed by atoms with Gasteiger partial charge in [0.15, 0.2) is 5.82 Å². The highest BCUT2D eigenvalue weighted by molar-refractivity contribution is 9.12. The van der Waals surface area contributed by atoms with E-state index in [1.807, 2.05) is 19.0 Å². The Kier molecular flexibility index (Phi) is 11.5. The summed E-state index contributed by atoms with van der Waals surface area (Å²) in [5.74, 6) is -1.21. The van der Waals surface area contributed by atoms with Gasteiger partial charge in [-0.25, -0.2) is 0 Å². The molecule has 50 heavy (non-hydrogen) atoms. The molecule has 0 aliphatic heterocycles. The maximum absolute atomic E-state index is 13.2. The predicted octanol–water partition coefficient (Wildman–Crippen LogP) is 2.75. The van der Waals surface area contributed by atoms with Gasteiger partial charge in [-0.1, -0.05) is 6.58 Å². The van der Waals surface area contributed by atoms with Gasteiger partial charge in [-0.3, -0.25) is 33.6 Å². The van der Waals surface area contributed by atoms with Crippen LogP contribution in [-0.2, 0) is 33.0 Å². The number of nitrogens with zero attached hydrogens (tertiary/aromatic N) is 7. The first kappa shape index (κ1) is 36.9. The summed E-state index contributed by atoms with van der Waals surface area (Å²) in [7, 11) is 12.0. The van der Waals surface area contributed by atoms with Crippen molar-refractivity contribution < 1.29 is 24.0 Å². The number of hydrogen-bond acceptors (Lipinski definition) is 7. The standard InChI is InChI=1S/C32H39BrN12O5/c1-18(33)28(46)39-26-14-25(45(8)40-26)32(50)38-21-13-24(44(7)17-21)31(49)37-20-12-23(43(6)16-20)30(48)36-19-11-22(42(5)15-19)29(47)35-10-9-27(34-2)41(3)4/h11-17H,1,9-10H2,2-8H3,(H,35,47)(H,36,48)(H,37,49)(H,38,50)(H,39,40,46). The summed E-state index contributed by atoms with van der Waals surface area (Å²) in [5.41, 5.74) is 2.17. The zero-order valence-corrected chi connectivity index (χ0v) is 30.3. The second kappa shape index (κ2) is 15.5. The largest absolute Gasteiger partial charge is 0.366 e. The van der Waals surface area contributed by atoms with Crippen LogP contribution in [0.5, 0.6) is 0 Å². The van der Waals surface area contributed by atoms with Crippen molar-refractivity contribution in [2.45, 2.75) is 6.42 Å². The SMILES string of the molecule is C=C(Br)C(=O)Nc1cc(C(=O)Nc2cc(C(=O)Nc3cc(C(=O)Nc4cc(C(=O)NCCC(=NC)N(C)C)n(C)c4)n(C)c3)n(C)c2)n(C)n1. The van der Waals surface area contributed by atoms with Crippen molar-refractivity contribution in [2.24, 2.45) is 33.2 Å². The molecule has 0 unspecified atom stereocenters. The molecule has 5 N–H and O–H groups in total. The number of amides is 5. The monoisotopic (exact) mass is 750 g/mol. The summed E-state index contributed by atoms with van der Waals surface area (Å²) in [6.45, 7) is 3.90. The summed E-state index contributed by atoms with van der Waals surface area (Å²) < 4.78 is 6.14. The number of rotatable bonds is 12. The second-order valence-corrected chi connectivity index (χ2v) is 12.4. The molecule has 0 saturated carbocycles. The van der Waals surface area contributed by atoms with E-state index in [-0.39, 0.29) is 33.3 Å². The smallest absolute Gasteiger partial charge is 0.274 e. The van der Waals surface area contributed by atoms with Crippen LogP contribution in [0.25, 0.3) is 0 Å². The molecular weight excluding hydrogens is 712 g/mol. The lowest BCUT2D eigenvalue weighted by molar-refractivity contribution is -0.112. The molecule has 4 aromatic rings. The molecule has 0 aliphatic carbocycles. The first-order valence-corrected chi connectivity index (χ1v) is 15.9. The molecule has 17 nitrogen and oxygen atoms in total. The van der Waals surface area contributed by atoms with E-state index in [0.29, 0.717) is 35.7 Å². The third kappa shape index (κ3) is 8.76. The van der Waals surface area contributed by atoms with Crippen molar-refractivity contribution in [2.75, 3.05) is 49.0 Å². The van der Waals surface area contributed by atoms with Crippen LogP contribution in [0.15, 0.2) is 58.9 Å². The average molecular weight is 752 g/mol. The number of hydrogen-bond donors (Lipinski definition) is 5. The predicted molar refractivity (Wildman–Crippen MR) is 194 cm³/mol. The minimum atomic E-state index is -0.513. The summed E-state index contributed by atoms with van der Waals surface area (Å²) in [4.78, 5) is 70.0. The first-order valence-electron chi connectivity index (χ1n) is 15.1. The van der Waals surface area contributed by atoms with E-state index in [1.54, 1.807) is 73.6 Å². The highest BCUT2D eigenvalue weighted by atomic mass is 79.9. The lowest BCUT2D eigenvalue weighted by Gasteiger charge is -2.15. The van der Waals surface area contributed by atoms with Gasteiger partial charge in [0.25, 0.3) is 29.5 Å². The van der Waals surface area contributed by atoms with Crippen molar-refractivity contribution in [3.63, 3.8) is 0 Å². The Morgan fingerprint density at radius 2 is 1.18 bits per heavy atom. The third-order valence-corrected chi connectivity index (χ3v) is 7.86. The van der Waals surface area contributed by atoms with E-state index in [1.165, 1.54) is 22.9 Å². The van der Waals surface area contributed by atoms with Crippen LogP contribution in [0.1, 0.15) is 48.4 Å². The van der Waals surface area contributed by atoms with Crippen molar-refractivity contribution in [3.8, 4) is 0 Å². The second-order valence-electron chi connectivity index (χ2n) is 11.5. The molecule has 0 spiro atoms. The van der Waals surface area contributed by atoms with E-state index in [9.17, 15) is 24.0 Å². The van der Waals surface area contributed by atoms with Gasteiger partial charge >= 0.3 is 0 Å². The van der Waals surface area contributed by atoms with Crippen molar-refractivity contribution in [1.29, 1.82) is 0 Å². The molecule has 0 radical (unpaired) electrons. The molecule has 4 aromatic heterocycles. The van der Waals surface area contributed by atoms with E-state index in [4.69, 9.17) is 0 Å². The number of carbonyl (C=O) groups is 5. The van der Waals surface area contributed by atoms with Gasteiger partial charge in [0.2, 0.25) is 0 Å². The number of carbonyl (C=O) groups excluding carboxylic acids is 5. The van der Waals surface area contributed by atoms with E-state index in [2.05, 4.69) is 59.2 Å². The topological polar surface area (TPSA) is 194 Å². The fourth-order valence-electron chi connectivity index (χ4n) is 5.00. The maximum Gasteiger partial charge on any atom is 0.274 e. The van der Waals surface area contributed by atoms with Crippen LogP contribution < -0.4 is 26.6 Å². The van der Waals surface area contributed by atoms with Crippen LogP contribution in [0.3, 0.4) is 0 Å². The van der Waals surface area contributed by atoms with Gasteiger partial charge in [0.05, 0.1) is 27.4 Å². The number of aryl methyl sites for hydroxylation is 4. The van der Waals surface area contributed by atoms with Crippen LogP contribution in [0.2, 0.25) is 0 Å². The molecule has 0 fully saturated rings. The minimum Gasteiger partial charge on any atom is -0.366 e. The molecule has 0 aromatic carbocycles. The van der Waals surface area contributed by atoms with Gasteiger partial charge in [-0.2, -0.15) is 5.10 Å². The molecule has 0 saturated heterocycles. The fourth-order valence-corrected chi connectivity index (χ4v) is 5.10. The molecule has 0 aliphatic rings. The molecular formula is C32H39BrN12O5. The minimum absolute atomic E-state index is 0.108. The van der Waals surface area contributed by atoms with Gasteiger partial charge in [-0.05, 0) is 34.1 Å². The Morgan fingerprint density at radius 3 is 1.60 bits per heavy atom. The number of amidine groups is 1. The zero-order chi connectivity index (χ0) is 36.9. The average Bonchev–Trinajstić information content (AvgIpc) is 3.80. The summed E-state index contributed by atoms with van der Waals surface area (Å²) in [6, 6.07) is 6.01. The van der Waals surface area contributed by atoms with E-state index < -0.39 is 23.6 Å². The number of aromatic nitrogens is 5. The van der Waals surface area contributed by atoms with Crippen LogP contribution >= 0.6 is 15.9 Å². The number of aliphatic imine (C=N–C) groups is 1. The van der Waals surface area contributed by atoms with Crippen LogP contribution in [0.4, 0.5) is 22.9 Å². The van der Waals surface area contributed by atoms with E-state index in [0.717, 1.165) is 5.84 Å². The number of nitrogens with one attached hydrogen (secondary N) is 5. The van der Waals surface area contributed by atoms with E-state index >= 15 is 0 Å². The number of halogens is 1. The molecule has 4 heterocycles. The highest BCUT2D eigenvalue weighted by Crippen LogP contribution is 2.21. The van der Waals surface area contributed by atoms with Crippen molar-refractivity contribution >= 4 is 74.2 Å². The molecule has 5 amide bonds. The summed E-state index contributed by atoms with van der Waals surface area (Å²) >= 11 is 2.99. The molecule has 0 bridgehead atoms. The number of anilines is 4. The van der Waals surface area contributed by atoms with Gasteiger partial charge in [0.1, 0.15) is 22.8 Å². The highest BCUT2D eigenvalue weighted by Gasteiger charge is 2.20. The fraction of sp³-hybridized carbons (Fsp3) is 0.281. The lowest BCUT2D eigenvalue weighted by atomic mass is 10.3. The zero-order valence-electron chi connectivity index (χ0n) is 28.7. The molecule has 18 heteroatoms. The maximum atomic E-state index is 13.2. The van der Waals surface area contributed by atoms with Crippen molar-refractivity contribution in [3.05, 3.63) is 76.7 Å². The summed E-state index contributed by atoms with van der Waals surface area (Å²) in [5, 5.41) is 17.8. The molecule has 4 rings (SSSR count). The van der Waals surface area contributed by atoms with Crippen LogP contribution in [-0.4, -0.2) is 91.4 Å². The Balaban J connectivity index is 1.37. The summed E-state index contributed by atoms with van der Waals surface area (Å²) in [6.07, 6.45) is 5.37. The Bertz CT molecular complexity index is 2010. The van der Waals surface area contributed by atoms with Gasteiger partial charge in [-0.15, -0.1) is 0 Å². The normalized spacial score (nSPS) is 11.2. The lowest BCUT2D eigenvalue weighted by Crippen LogP contribution is -2.31. The Morgan fingerprint density at radius 1 is 0.740 bits per heavy atom. The van der Waals surface area contributed by atoms with Crippen LogP contribution in [0, 0.1) is 0 Å². The van der Waals surface area contributed by atoms with Crippen molar-refractivity contribution in [1.82, 2.24) is 33.7 Å². The third-order valence-electron chi connectivity index (χ3n) is 7.50. The Labute approximate surface area is 296 Å². The Hall–Kier alpha value is -5.91. The molecule has 264 valence electrons. The quantitative estimate of drug-likeness (QED) is 0.0835.